The van der Waals surface area contributed by atoms with Crippen molar-refractivity contribution in [2.45, 2.75) is 19.9 Å². The first-order valence-electron chi connectivity index (χ1n) is 5.10. The van der Waals surface area contributed by atoms with Crippen LogP contribution in [0.3, 0.4) is 0 Å². The lowest BCUT2D eigenvalue weighted by molar-refractivity contribution is 0.0931. The smallest absolute Gasteiger partial charge is 0.252 e. The van der Waals surface area contributed by atoms with E-state index in [1.165, 1.54) is 18.3 Å². The average Bonchev–Trinajstić information content (AvgIpc) is 2.28. The Morgan fingerprint density at radius 2 is 2.19 bits per heavy atom. The molecule has 88 valence electrons. The highest BCUT2D eigenvalue weighted by Gasteiger charge is 2.14. The minimum absolute atomic E-state index is 0.0822. The van der Waals surface area contributed by atoms with Gasteiger partial charge in [0, 0.05) is 23.6 Å². The molecule has 0 bridgehead atoms. The lowest BCUT2D eigenvalue weighted by Gasteiger charge is -2.19. The van der Waals surface area contributed by atoms with Crippen LogP contribution >= 0.6 is 15.9 Å². The molecule has 0 saturated carbocycles. The van der Waals surface area contributed by atoms with Gasteiger partial charge in [-0.05, 0) is 18.9 Å². The number of aromatic nitrogens is 1. The van der Waals surface area contributed by atoms with Crippen LogP contribution in [0.15, 0.2) is 23.1 Å². The number of hydrogen-bond acceptors (Lipinski definition) is 2. The number of alkyl halides is 1. The van der Waals surface area contributed by atoms with Gasteiger partial charge >= 0.3 is 0 Å². The largest absolute Gasteiger partial charge is 0.349 e. The molecule has 0 aliphatic rings. The van der Waals surface area contributed by atoms with E-state index in [-0.39, 0.29) is 17.5 Å². The average molecular weight is 287 g/mol. The quantitative estimate of drug-likeness (QED) is 0.825. The van der Waals surface area contributed by atoms with Gasteiger partial charge in [-0.1, -0.05) is 22.9 Å². The number of pyridine rings is 1. The Bertz CT molecular complexity index is 396. The van der Waals surface area contributed by atoms with Crippen molar-refractivity contribution in [2.24, 2.45) is 5.92 Å². The summed E-state index contributed by atoms with van der Waals surface area (Å²) in [7, 11) is 0. The van der Waals surface area contributed by atoms with Crippen molar-refractivity contribution in [3.8, 4) is 0 Å². The van der Waals surface area contributed by atoms with Gasteiger partial charge in [0.15, 0.2) is 0 Å². The first-order chi connectivity index (χ1) is 7.54. The molecule has 0 aromatic carbocycles. The van der Waals surface area contributed by atoms with Crippen molar-refractivity contribution >= 4 is 21.8 Å². The minimum Gasteiger partial charge on any atom is -0.349 e. The fourth-order valence-electron chi connectivity index (χ4n) is 1.12. The van der Waals surface area contributed by atoms with Crippen molar-refractivity contribution in [2.75, 3.05) is 5.33 Å². The van der Waals surface area contributed by atoms with Crippen LogP contribution in [0.2, 0.25) is 0 Å². The predicted octanol–water partition coefficient (Wildman–Crippen LogP) is 1.52. The normalized spacial score (nSPS) is 14.2. The van der Waals surface area contributed by atoms with E-state index < -0.39 is 0 Å². The Kier molecular flexibility index (Phi) is 4.73. The van der Waals surface area contributed by atoms with Gasteiger partial charge in [-0.25, -0.2) is 0 Å². The Balaban J connectivity index is 2.65. The SMILES string of the molecule is CC(CBr)C(C)NC(=O)c1ccc(=O)[nH]c1. The summed E-state index contributed by atoms with van der Waals surface area (Å²) in [5, 5.41) is 3.71. The Hall–Kier alpha value is -1.10. The molecule has 2 N–H and O–H groups in total. The highest BCUT2D eigenvalue weighted by Crippen LogP contribution is 2.06. The second-order valence-electron chi connectivity index (χ2n) is 3.84. The van der Waals surface area contributed by atoms with E-state index >= 15 is 0 Å². The lowest BCUT2D eigenvalue weighted by Crippen LogP contribution is -2.37. The second kappa shape index (κ2) is 5.84. The summed E-state index contributed by atoms with van der Waals surface area (Å²) in [6.07, 6.45) is 1.42. The lowest BCUT2D eigenvalue weighted by atomic mass is 10.1. The zero-order chi connectivity index (χ0) is 12.1. The summed E-state index contributed by atoms with van der Waals surface area (Å²) < 4.78 is 0. The molecule has 0 aliphatic carbocycles. The highest BCUT2D eigenvalue weighted by molar-refractivity contribution is 9.09. The first kappa shape index (κ1) is 13.0. The molecule has 1 heterocycles. The molecular weight excluding hydrogens is 272 g/mol. The van der Waals surface area contributed by atoms with Gasteiger partial charge in [0.1, 0.15) is 0 Å². The molecule has 0 aliphatic heterocycles. The van der Waals surface area contributed by atoms with Gasteiger partial charge in [-0.3, -0.25) is 9.59 Å². The molecule has 1 amide bonds. The molecule has 1 rings (SSSR count). The van der Waals surface area contributed by atoms with Gasteiger partial charge in [0.05, 0.1) is 5.56 Å². The van der Waals surface area contributed by atoms with Crippen LogP contribution in [0, 0.1) is 5.92 Å². The summed E-state index contributed by atoms with van der Waals surface area (Å²) in [4.78, 5) is 25.0. The Morgan fingerprint density at radius 3 is 2.69 bits per heavy atom. The third kappa shape index (κ3) is 3.48. The summed E-state index contributed by atoms with van der Waals surface area (Å²) in [5.41, 5.74) is 0.256. The van der Waals surface area contributed by atoms with Crippen LogP contribution in [0.25, 0.3) is 0 Å². The number of hydrogen-bond donors (Lipinski definition) is 2. The van der Waals surface area contributed by atoms with E-state index in [0.717, 1.165) is 5.33 Å². The van der Waals surface area contributed by atoms with Gasteiger partial charge in [-0.15, -0.1) is 0 Å². The minimum atomic E-state index is -0.210. The van der Waals surface area contributed by atoms with E-state index in [4.69, 9.17) is 0 Å². The number of amides is 1. The number of H-pyrrole nitrogens is 1. The monoisotopic (exact) mass is 286 g/mol. The second-order valence-corrected chi connectivity index (χ2v) is 4.48. The van der Waals surface area contributed by atoms with E-state index in [1.807, 2.05) is 13.8 Å². The van der Waals surface area contributed by atoms with Crippen molar-refractivity contribution < 1.29 is 4.79 Å². The maximum atomic E-state index is 11.7. The molecule has 0 fully saturated rings. The third-order valence-corrected chi connectivity index (χ3v) is 3.52. The number of aromatic amines is 1. The molecule has 2 unspecified atom stereocenters. The molecule has 1 aromatic rings. The van der Waals surface area contributed by atoms with Crippen LogP contribution in [-0.4, -0.2) is 22.3 Å². The van der Waals surface area contributed by atoms with Gasteiger partial charge in [-0.2, -0.15) is 0 Å². The number of halogens is 1. The van der Waals surface area contributed by atoms with Crippen molar-refractivity contribution in [3.63, 3.8) is 0 Å². The third-order valence-electron chi connectivity index (χ3n) is 2.50. The maximum absolute atomic E-state index is 11.7. The molecule has 16 heavy (non-hydrogen) atoms. The molecule has 5 heteroatoms. The predicted molar refractivity (Wildman–Crippen MR) is 66.9 cm³/mol. The topological polar surface area (TPSA) is 62.0 Å². The zero-order valence-corrected chi connectivity index (χ0v) is 10.9. The van der Waals surface area contributed by atoms with E-state index in [0.29, 0.717) is 11.5 Å². The first-order valence-corrected chi connectivity index (χ1v) is 6.22. The van der Waals surface area contributed by atoms with Crippen LogP contribution in [0.1, 0.15) is 24.2 Å². The Labute approximate surface area is 103 Å². The molecular formula is C11H15BrN2O2. The van der Waals surface area contributed by atoms with E-state index in [1.54, 1.807) is 0 Å². The number of carbonyl (C=O) groups is 1. The van der Waals surface area contributed by atoms with Crippen molar-refractivity contribution in [1.82, 2.24) is 10.3 Å². The molecule has 0 spiro atoms. The van der Waals surface area contributed by atoms with Crippen molar-refractivity contribution in [3.05, 3.63) is 34.2 Å². The van der Waals surface area contributed by atoms with Crippen LogP contribution in [0.5, 0.6) is 0 Å². The summed E-state index contributed by atoms with van der Waals surface area (Å²) in [5.74, 6) is 0.184. The van der Waals surface area contributed by atoms with E-state index in [9.17, 15) is 9.59 Å². The maximum Gasteiger partial charge on any atom is 0.252 e. The van der Waals surface area contributed by atoms with Gasteiger partial charge in [0.25, 0.3) is 5.91 Å². The van der Waals surface area contributed by atoms with Gasteiger partial charge < -0.3 is 10.3 Å². The molecule has 1 aromatic heterocycles. The fraction of sp³-hybridized carbons (Fsp3) is 0.455. The summed E-state index contributed by atoms with van der Waals surface area (Å²) in [6.45, 7) is 4.00. The van der Waals surface area contributed by atoms with E-state index in [2.05, 4.69) is 26.2 Å². The number of carbonyl (C=O) groups excluding carboxylic acids is 1. The highest BCUT2D eigenvalue weighted by atomic mass is 79.9. The number of nitrogens with one attached hydrogen (secondary N) is 2. The van der Waals surface area contributed by atoms with Crippen LogP contribution in [-0.2, 0) is 0 Å². The fourth-order valence-corrected chi connectivity index (χ4v) is 1.68. The zero-order valence-electron chi connectivity index (χ0n) is 9.29. The summed E-state index contributed by atoms with van der Waals surface area (Å²) >= 11 is 3.37. The molecule has 2 atom stereocenters. The molecule has 4 nitrogen and oxygen atoms in total. The van der Waals surface area contributed by atoms with Gasteiger partial charge in [0.2, 0.25) is 5.56 Å². The molecule has 0 saturated heterocycles. The Morgan fingerprint density at radius 1 is 1.50 bits per heavy atom. The summed E-state index contributed by atoms with van der Waals surface area (Å²) in [6, 6.07) is 2.94. The number of rotatable bonds is 4. The standard InChI is InChI=1S/C11H15BrN2O2/c1-7(5-12)8(2)14-11(16)9-3-4-10(15)13-6-9/h3-4,6-8H,5H2,1-2H3,(H,13,15)(H,14,16). The van der Waals surface area contributed by atoms with Crippen LogP contribution < -0.4 is 10.9 Å². The van der Waals surface area contributed by atoms with Crippen molar-refractivity contribution in [1.29, 1.82) is 0 Å². The van der Waals surface area contributed by atoms with Crippen LogP contribution in [0.4, 0.5) is 0 Å². The molecule has 0 radical (unpaired) electrons.